The van der Waals surface area contributed by atoms with Gasteiger partial charge in [-0.25, -0.2) is 4.79 Å². The highest BCUT2D eigenvalue weighted by atomic mass is 16.6. The van der Waals surface area contributed by atoms with Crippen LogP contribution in [0.4, 0.5) is 4.79 Å². The summed E-state index contributed by atoms with van der Waals surface area (Å²) < 4.78 is 10.2. The zero-order valence-electron chi connectivity index (χ0n) is 8.48. The molecule has 0 fully saturated rings. The Kier molecular flexibility index (Phi) is 2.48. The largest absolute Gasteiger partial charge is 0.442 e. The summed E-state index contributed by atoms with van der Waals surface area (Å²) in [7, 11) is 1.44. The summed E-state index contributed by atoms with van der Waals surface area (Å²) in [5.41, 5.74) is 0.512. The molecule has 2 rings (SSSR count). The molecule has 0 unspecified atom stereocenters. The average molecular weight is 216 g/mol. The van der Waals surface area contributed by atoms with Crippen molar-refractivity contribution >= 4 is 17.1 Å². The van der Waals surface area contributed by atoms with E-state index in [9.17, 15) is 4.79 Å². The Labute approximate surface area is 91.2 Å². The van der Waals surface area contributed by atoms with Gasteiger partial charge in [-0.1, -0.05) is 12.1 Å². The predicted molar refractivity (Wildman–Crippen MR) is 56.0 cm³/mol. The van der Waals surface area contributed by atoms with Crippen molar-refractivity contribution in [3.05, 3.63) is 30.0 Å². The molecule has 0 radical (unpaired) electrons. The van der Waals surface area contributed by atoms with Crippen LogP contribution in [0, 0.1) is 11.3 Å². The minimum absolute atomic E-state index is 0.00944. The Morgan fingerprint density at radius 3 is 2.94 bits per heavy atom. The van der Waals surface area contributed by atoms with Crippen LogP contribution in [0.1, 0.15) is 5.76 Å². The van der Waals surface area contributed by atoms with Crippen molar-refractivity contribution in [2.75, 3.05) is 7.05 Å². The summed E-state index contributed by atoms with van der Waals surface area (Å²) in [6.45, 7) is 0. The van der Waals surface area contributed by atoms with E-state index in [2.05, 4.69) is 5.32 Å². The van der Waals surface area contributed by atoms with Crippen molar-refractivity contribution in [3.63, 3.8) is 0 Å². The number of hydrogen-bond donors (Lipinski definition) is 1. The first-order valence-corrected chi connectivity index (χ1v) is 4.57. The van der Waals surface area contributed by atoms with Crippen molar-refractivity contribution in [2.24, 2.45) is 0 Å². The molecule has 5 heteroatoms. The molecule has 0 saturated heterocycles. The van der Waals surface area contributed by atoms with Crippen molar-refractivity contribution in [3.8, 4) is 11.8 Å². The Balaban J connectivity index is 2.57. The number of benzene rings is 1. The van der Waals surface area contributed by atoms with Gasteiger partial charge < -0.3 is 14.5 Å². The van der Waals surface area contributed by atoms with Crippen molar-refractivity contribution in [1.29, 1.82) is 5.26 Å². The average Bonchev–Trinajstić information content (AvgIpc) is 2.67. The molecule has 0 bridgehead atoms. The quantitative estimate of drug-likeness (QED) is 0.791. The van der Waals surface area contributed by atoms with Crippen LogP contribution < -0.4 is 10.1 Å². The van der Waals surface area contributed by atoms with Crippen LogP contribution in [0.25, 0.3) is 11.0 Å². The van der Waals surface area contributed by atoms with E-state index in [1.54, 1.807) is 24.3 Å². The molecule has 2 aromatic rings. The summed E-state index contributed by atoms with van der Waals surface area (Å²) in [6.07, 6.45) is -0.636. The highest BCUT2D eigenvalue weighted by Crippen LogP contribution is 2.32. The van der Waals surface area contributed by atoms with Crippen LogP contribution in [-0.2, 0) is 0 Å². The zero-order chi connectivity index (χ0) is 11.5. The van der Waals surface area contributed by atoms with Crippen LogP contribution in [0.2, 0.25) is 0 Å². The van der Waals surface area contributed by atoms with E-state index in [0.717, 1.165) is 0 Å². The number of hydrogen-bond acceptors (Lipinski definition) is 4. The van der Waals surface area contributed by atoms with Gasteiger partial charge in [-0.2, -0.15) is 5.26 Å². The molecule has 0 aliphatic carbocycles. The van der Waals surface area contributed by atoms with E-state index in [1.807, 2.05) is 6.07 Å². The maximum Gasteiger partial charge on any atom is 0.412 e. The standard InChI is InChI=1S/C11H8N2O3/c1-13-11(14)16-10-7-4-2-3-5-8(7)15-9(10)6-12/h2-5H,1H3,(H,13,14). The second-order valence-electron chi connectivity index (χ2n) is 3.01. The minimum Gasteiger partial charge on any atom is -0.442 e. The van der Waals surface area contributed by atoms with Crippen LogP contribution in [0.3, 0.4) is 0 Å². The summed E-state index contributed by atoms with van der Waals surface area (Å²) in [6, 6.07) is 8.81. The van der Waals surface area contributed by atoms with Gasteiger partial charge in [0.2, 0.25) is 5.76 Å². The topological polar surface area (TPSA) is 75.3 Å². The molecule has 80 valence electrons. The molecule has 5 nitrogen and oxygen atoms in total. The number of furan rings is 1. The number of ether oxygens (including phenoxy) is 1. The van der Waals surface area contributed by atoms with Crippen molar-refractivity contribution in [1.82, 2.24) is 5.32 Å². The molecule has 1 aromatic carbocycles. The molecular formula is C11H8N2O3. The number of para-hydroxylation sites is 1. The lowest BCUT2D eigenvalue weighted by atomic mass is 10.2. The third-order valence-electron chi connectivity index (χ3n) is 2.05. The number of nitriles is 1. The normalized spacial score (nSPS) is 9.75. The first-order chi connectivity index (χ1) is 7.76. The fraction of sp³-hybridized carbons (Fsp3) is 0.0909. The highest BCUT2D eigenvalue weighted by Gasteiger charge is 2.17. The Hall–Kier alpha value is -2.48. The Bertz CT molecular complexity index is 580. The molecule has 0 spiro atoms. The summed E-state index contributed by atoms with van der Waals surface area (Å²) >= 11 is 0. The lowest BCUT2D eigenvalue weighted by Crippen LogP contribution is -2.22. The molecular weight excluding hydrogens is 208 g/mol. The molecule has 1 amide bonds. The van der Waals surface area contributed by atoms with Gasteiger partial charge in [-0.05, 0) is 12.1 Å². The summed E-state index contributed by atoms with van der Waals surface area (Å²) in [5.74, 6) is 0.141. The van der Waals surface area contributed by atoms with Gasteiger partial charge in [0.25, 0.3) is 0 Å². The third-order valence-corrected chi connectivity index (χ3v) is 2.05. The number of nitrogens with one attached hydrogen (secondary N) is 1. The monoisotopic (exact) mass is 216 g/mol. The molecule has 0 atom stereocenters. The van der Waals surface area contributed by atoms with Crippen LogP contribution in [0.15, 0.2) is 28.7 Å². The number of amides is 1. The molecule has 1 N–H and O–H groups in total. The van der Waals surface area contributed by atoms with E-state index in [1.165, 1.54) is 7.05 Å². The summed E-state index contributed by atoms with van der Waals surface area (Å²) in [4.78, 5) is 11.1. The maximum absolute atomic E-state index is 11.1. The Morgan fingerprint density at radius 1 is 1.50 bits per heavy atom. The predicted octanol–water partition coefficient (Wildman–Crippen LogP) is 2.02. The molecule has 1 heterocycles. The fourth-order valence-electron chi connectivity index (χ4n) is 1.34. The van der Waals surface area contributed by atoms with Crippen molar-refractivity contribution in [2.45, 2.75) is 0 Å². The first-order valence-electron chi connectivity index (χ1n) is 4.57. The number of carbonyl (C=O) groups excluding carboxylic acids is 1. The molecule has 16 heavy (non-hydrogen) atoms. The van der Waals surface area contributed by atoms with E-state index in [0.29, 0.717) is 11.0 Å². The van der Waals surface area contributed by atoms with Crippen LogP contribution in [0.5, 0.6) is 5.75 Å². The fourth-order valence-corrected chi connectivity index (χ4v) is 1.34. The van der Waals surface area contributed by atoms with Gasteiger partial charge in [0.05, 0.1) is 5.39 Å². The molecule has 1 aromatic heterocycles. The lowest BCUT2D eigenvalue weighted by Gasteiger charge is -2.00. The second kappa shape index (κ2) is 3.95. The zero-order valence-corrected chi connectivity index (χ0v) is 8.48. The first kappa shape index (κ1) is 10.1. The van der Waals surface area contributed by atoms with E-state index < -0.39 is 6.09 Å². The van der Waals surface area contributed by atoms with Gasteiger partial charge in [-0.15, -0.1) is 0 Å². The van der Waals surface area contributed by atoms with Crippen LogP contribution in [-0.4, -0.2) is 13.1 Å². The van der Waals surface area contributed by atoms with Gasteiger partial charge >= 0.3 is 6.09 Å². The van der Waals surface area contributed by atoms with Crippen molar-refractivity contribution < 1.29 is 13.9 Å². The van der Waals surface area contributed by atoms with Gasteiger partial charge in [0.1, 0.15) is 11.7 Å². The van der Waals surface area contributed by atoms with Crippen LogP contribution >= 0.6 is 0 Å². The number of carbonyl (C=O) groups is 1. The van der Waals surface area contributed by atoms with Gasteiger partial charge in [0, 0.05) is 7.05 Å². The number of rotatable bonds is 1. The van der Waals surface area contributed by atoms with E-state index >= 15 is 0 Å². The SMILES string of the molecule is CNC(=O)Oc1c(C#N)oc2ccccc12. The smallest absolute Gasteiger partial charge is 0.412 e. The third kappa shape index (κ3) is 1.57. The lowest BCUT2D eigenvalue weighted by molar-refractivity contribution is 0.203. The van der Waals surface area contributed by atoms with E-state index in [-0.39, 0.29) is 11.5 Å². The number of fused-ring (bicyclic) bond motifs is 1. The Morgan fingerprint density at radius 2 is 2.25 bits per heavy atom. The maximum atomic E-state index is 11.1. The minimum atomic E-state index is -0.636. The van der Waals surface area contributed by atoms with Gasteiger partial charge in [-0.3, -0.25) is 0 Å². The van der Waals surface area contributed by atoms with E-state index in [4.69, 9.17) is 14.4 Å². The molecule has 0 saturated carbocycles. The number of nitrogens with zero attached hydrogens (tertiary/aromatic N) is 1. The summed E-state index contributed by atoms with van der Waals surface area (Å²) in [5, 5.41) is 11.8. The molecule has 0 aliphatic rings. The highest BCUT2D eigenvalue weighted by molar-refractivity contribution is 5.89. The van der Waals surface area contributed by atoms with Gasteiger partial charge in [0.15, 0.2) is 5.75 Å². The molecule has 0 aliphatic heterocycles. The second-order valence-corrected chi connectivity index (χ2v) is 3.01.